The summed E-state index contributed by atoms with van der Waals surface area (Å²) in [5, 5.41) is 0. The average Bonchev–Trinajstić information content (AvgIpc) is 2.65. The maximum atomic E-state index is 12.4. The van der Waals surface area contributed by atoms with Crippen LogP contribution in [-0.4, -0.2) is 44.0 Å². The molecule has 0 atom stereocenters. The normalized spacial score (nSPS) is 11.0. The first kappa shape index (κ1) is 23.0. The van der Waals surface area contributed by atoms with Crippen LogP contribution in [0.4, 0.5) is 4.79 Å². The summed E-state index contributed by atoms with van der Waals surface area (Å²) < 4.78 is 25.2. The third-order valence-electron chi connectivity index (χ3n) is 3.34. The molecule has 0 aliphatic carbocycles. The first-order valence-electron chi connectivity index (χ1n) is 8.84. The maximum absolute atomic E-state index is 12.4. The smallest absolute Gasteiger partial charge is 0.493 e. The lowest BCUT2D eigenvalue weighted by molar-refractivity contribution is -0.154. The SMILES string of the molecule is CCCOC(=O)OC(C)(C)C(=O)Oc1ccc(/C=C/C(=O)OCC)cc1OC. The molecule has 0 heterocycles. The third kappa shape index (κ3) is 7.30. The molecule has 0 fully saturated rings. The van der Waals surface area contributed by atoms with E-state index in [4.69, 9.17) is 23.7 Å². The van der Waals surface area contributed by atoms with Gasteiger partial charge < -0.3 is 23.7 Å². The molecule has 0 amide bonds. The van der Waals surface area contributed by atoms with Gasteiger partial charge in [-0.1, -0.05) is 13.0 Å². The lowest BCUT2D eigenvalue weighted by atomic mass is 10.1. The van der Waals surface area contributed by atoms with Crippen LogP contribution in [0, 0.1) is 0 Å². The van der Waals surface area contributed by atoms with Crippen LogP contribution in [0.25, 0.3) is 6.08 Å². The quantitative estimate of drug-likeness (QED) is 0.356. The van der Waals surface area contributed by atoms with Crippen molar-refractivity contribution < 1.29 is 38.1 Å². The van der Waals surface area contributed by atoms with E-state index in [1.165, 1.54) is 33.1 Å². The van der Waals surface area contributed by atoms with E-state index in [2.05, 4.69) is 0 Å². The number of esters is 2. The van der Waals surface area contributed by atoms with Gasteiger partial charge in [-0.25, -0.2) is 14.4 Å². The molecule has 0 aliphatic rings. The predicted molar refractivity (Wildman–Crippen MR) is 101 cm³/mol. The Morgan fingerprint density at radius 1 is 1.07 bits per heavy atom. The van der Waals surface area contributed by atoms with E-state index < -0.39 is 23.7 Å². The highest BCUT2D eigenvalue weighted by Gasteiger charge is 2.35. The van der Waals surface area contributed by atoms with Crippen LogP contribution in [0.5, 0.6) is 11.5 Å². The molecule has 8 heteroatoms. The predicted octanol–water partition coefficient (Wildman–Crippen LogP) is 3.52. The fourth-order valence-electron chi connectivity index (χ4n) is 1.91. The number of hydrogen-bond acceptors (Lipinski definition) is 8. The molecule has 28 heavy (non-hydrogen) atoms. The van der Waals surface area contributed by atoms with Crippen molar-refractivity contribution in [2.24, 2.45) is 0 Å². The van der Waals surface area contributed by atoms with Crippen LogP contribution in [0.3, 0.4) is 0 Å². The number of hydrogen-bond donors (Lipinski definition) is 0. The van der Waals surface area contributed by atoms with Crippen molar-refractivity contribution in [3.05, 3.63) is 29.8 Å². The highest BCUT2D eigenvalue weighted by Crippen LogP contribution is 2.30. The van der Waals surface area contributed by atoms with Gasteiger partial charge in [-0.3, -0.25) is 0 Å². The molecule has 1 rings (SSSR count). The molecule has 0 N–H and O–H groups in total. The lowest BCUT2D eigenvalue weighted by Crippen LogP contribution is -2.40. The molecule has 0 spiro atoms. The second-order valence-electron chi connectivity index (χ2n) is 6.10. The second kappa shape index (κ2) is 11.0. The zero-order valence-electron chi connectivity index (χ0n) is 16.8. The molecule has 0 aliphatic heterocycles. The van der Waals surface area contributed by atoms with Crippen LogP contribution in [0.15, 0.2) is 24.3 Å². The number of benzene rings is 1. The van der Waals surface area contributed by atoms with E-state index >= 15 is 0 Å². The molecule has 0 radical (unpaired) electrons. The van der Waals surface area contributed by atoms with Gasteiger partial charge in [0.15, 0.2) is 11.5 Å². The van der Waals surface area contributed by atoms with Crippen LogP contribution in [0.2, 0.25) is 0 Å². The van der Waals surface area contributed by atoms with Gasteiger partial charge in [0.1, 0.15) is 0 Å². The van der Waals surface area contributed by atoms with Gasteiger partial charge in [-0.15, -0.1) is 0 Å². The van der Waals surface area contributed by atoms with Gasteiger partial charge in [0.25, 0.3) is 0 Å². The van der Waals surface area contributed by atoms with Crippen LogP contribution < -0.4 is 9.47 Å². The van der Waals surface area contributed by atoms with Gasteiger partial charge >= 0.3 is 18.1 Å². The number of rotatable bonds is 9. The summed E-state index contributed by atoms with van der Waals surface area (Å²) >= 11 is 0. The van der Waals surface area contributed by atoms with Crippen molar-refractivity contribution in [1.82, 2.24) is 0 Å². The number of methoxy groups -OCH3 is 1. The first-order valence-corrected chi connectivity index (χ1v) is 8.84. The second-order valence-corrected chi connectivity index (χ2v) is 6.10. The summed E-state index contributed by atoms with van der Waals surface area (Å²) in [4.78, 5) is 35.4. The van der Waals surface area contributed by atoms with E-state index in [0.29, 0.717) is 12.0 Å². The third-order valence-corrected chi connectivity index (χ3v) is 3.34. The molecule has 1 aromatic carbocycles. The number of carbonyl (C=O) groups is 3. The van der Waals surface area contributed by atoms with E-state index in [-0.39, 0.29) is 24.7 Å². The minimum atomic E-state index is -1.56. The van der Waals surface area contributed by atoms with Gasteiger partial charge in [0.05, 0.1) is 20.3 Å². The molecule has 0 saturated heterocycles. The van der Waals surface area contributed by atoms with Crippen LogP contribution in [0.1, 0.15) is 39.7 Å². The number of carbonyl (C=O) groups excluding carboxylic acids is 3. The van der Waals surface area contributed by atoms with E-state index in [1.807, 2.05) is 6.92 Å². The van der Waals surface area contributed by atoms with Gasteiger partial charge in [0.2, 0.25) is 5.60 Å². The van der Waals surface area contributed by atoms with Crippen LogP contribution >= 0.6 is 0 Å². The lowest BCUT2D eigenvalue weighted by Gasteiger charge is -2.22. The summed E-state index contributed by atoms with van der Waals surface area (Å²) in [5.74, 6) is -0.858. The molecule has 1 aromatic rings. The Hall–Kier alpha value is -3.03. The van der Waals surface area contributed by atoms with Gasteiger partial charge in [-0.05, 0) is 51.0 Å². The Morgan fingerprint density at radius 2 is 1.79 bits per heavy atom. The minimum Gasteiger partial charge on any atom is -0.493 e. The zero-order chi connectivity index (χ0) is 21.2. The zero-order valence-corrected chi connectivity index (χ0v) is 16.8. The van der Waals surface area contributed by atoms with Crippen molar-refractivity contribution in [1.29, 1.82) is 0 Å². The number of ether oxygens (including phenoxy) is 5. The largest absolute Gasteiger partial charge is 0.509 e. The minimum absolute atomic E-state index is 0.138. The molecular weight excluding hydrogens is 368 g/mol. The van der Waals surface area contributed by atoms with E-state index in [9.17, 15) is 14.4 Å². The van der Waals surface area contributed by atoms with E-state index in [0.717, 1.165) is 0 Å². The Balaban J connectivity index is 2.85. The fourth-order valence-corrected chi connectivity index (χ4v) is 1.91. The van der Waals surface area contributed by atoms with Crippen molar-refractivity contribution in [2.75, 3.05) is 20.3 Å². The fraction of sp³-hybridized carbons (Fsp3) is 0.450. The molecule has 0 unspecified atom stereocenters. The molecule has 0 bridgehead atoms. The Bertz CT molecular complexity index is 721. The Morgan fingerprint density at radius 3 is 2.39 bits per heavy atom. The summed E-state index contributed by atoms with van der Waals surface area (Å²) in [6.07, 6.45) is 2.51. The Kier molecular flexibility index (Phi) is 9.01. The summed E-state index contributed by atoms with van der Waals surface area (Å²) in [5.41, 5.74) is -0.915. The van der Waals surface area contributed by atoms with Crippen molar-refractivity contribution in [3.8, 4) is 11.5 Å². The molecule has 0 saturated carbocycles. The molecule has 8 nitrogen and oxygen atoms in total. The molecular formula is C20H26O8. The summed E-state index contributed by atoms with van der Waals surface area (Å²) in [6, 6.07) is 4.72. The van der Waals surface area contributed by atoms with Gasteiger partial charge in [-0.2, -0.15) is 0 Å². The Labute approximate surface area is 164 Å². The van der Waals surface area contributed by atoms with Gasteiger partial charge in [0, 0.05) is 6.08 Å². The summed E-state index contributed by atoms with van der Waals surface area (Å²) in [7, 11) is 1.41. The average molecular weight is 394 g/mol. The van der Waals surface area contributed by atoms with Crippen molar-refractivity contribution >= 4 is 24.2 Å². The van der Waals surface area contributed by atoms with E-state index in [1.54, 1.807) is 25.1 Å². The molecule has 154 valence electrons. The highest BCUT2D eigenvalue weighted by atomic mass is 16.7. The highest BCUT2D eigenvalue weighted by molar-refractivity contribution is 5.87. The van der Waals surface area contributed by atoms with Crippen molar-refractivity contribution in [2.45, 2.75) is 39.7 Å². The van der Waals surface area contributed by atoms with Crippen molar-refractivity contribution in [3.63, 3.8) is 0 Å². The monoisotopic (exact) mass is 394 g/mol. The topological polar surface area (TPSA) is 97.4 Å². The standard InChI is InChI=1S/C20H26O8/c1-6-12-26-19(23)28-20(3,4)18(22)27-15-10-8-14(13-16(15)24-5)9-11-17(21)25-7-2/h8-11,13H,6-7,12H2,1-5H3/b11-9+. The summed E-state index contributed by atoms with van der Waals surface area (Å²) in [6.45, 7) is 6.82. The first-order chi connectivity index (χ1) is 13.2. The van der Waals surface area contributed by atoms with Crippen LogP contribution in [-0.2, 0) is 23.8 Å². The molecule has 0 aromatic heterocycles. The maximum Gasteiger partial charge on any atom is 0.509 e.